The normalized spacial score (nSPS) is 12.2. The Balaban J connectivity index is 2.02. The van der Waals surface area contributed by atoms with Crippen molar-refractivity contribution in [2.24, 2.45) is 0 Å². The summed E-state index contributed by atoms with van der Waals surface area (Å²) in [7, 11) is 0. The van der Waals surface area contributed by atoms with Crippen molar-refractivity contribution in [3.8, 4) is 0 Å². The highest BCUT2D eigenvalue weighted by molar-refractivity contribution is 5.59. The summed E-state index contributed by atoms with van der Waals surface area (Å²) in [6.07, 6.45) is 0.842. The van der Waals surface area contributed by atoms with Crippen LogP contribution in [0.3, 0.4) is 0 Å². The van der Waals surface area contributed by atoms with Gasteiger partial charge in [-0.05, 0) is 55.7 Å². The lowest BCUT2D eigenvalue weighted by Crippen LogP contribution is -2.18. The zero-order valence-corrected chi connectivity index (χ0v) is 11.3. The van der Waals surface area contributed by atoms with E-state index in [1.165, 1.54) is 17.7 Å². The number of hydrogen-bond donors (Lipinski definition) is 2. The second-order valence-electron chi connectivity index (χ2n) is 4.95. The third kappa shape index (κ3) is 3.71. The lowest BCUT2D eigenvalue weighted by atomic mass is 10.1. The number of anilines is 2. The molecule has 0 spiro atoms. The zero-order valence-electron chi connectivity index (χ0n) is 11.3. The van der Waals surface area contributed by atoms with Crippen LogP contribution in [0, 0.1) is 12.7 Å². The van der Waals surface area contributed by atoms with Gasteiger partial charge in [0.15, 0.2) is 0 Å². The van der Waals surface area contributed by atoms with Gasteiger partial charge in [-0.25, -0.2) is 4.39 Å². The van der Waals surface area contributed by atoms with Crippen molar-refractivity contribution in [2.45, 2.75) is 26.3 Å². The van der Waals surface area contributed by atoms with Crippen LogP contribution in [0.2, 0.25) is 0 Å². The summed E-state index contributed by atoms with van der Waals surface area (Å²) in [5.41, 5.74) is 9.87. The topological polar surface area (TPSA) is 38.0 Å². The molecule has 0 saturated carbocycles. The van der Waals surface area contributed by atoms with Gasteiger partial charge < -0.3 is 11.1 Å². The predicted octanol–water partition coefficient (Wildman–Crippen LogP) is 3.76. The fourth-order valence-corrected chi connectivity index (χ4v) is 2.09. The summed E-state index contributed by atoms with van der Waals surface area (Å²) in [6, 6.07) is 12.7. The Morgan fingerprint density at radius 2 is 1.84 bits per heavy atom. The molecule has 2 aromatic rings. The maximum absolute atomic E-state index is 12.8. The number of halogens is 1. The zero-order chi connectivity index (χ0) is 13.8. The summed E-state index contributed by atoms with van der Waals surface area (Å²) in [5, 5.41) is 3.44. The van der Waals surface area contributed by atoms with Crippen molar-refractivity contribution in [1.82, 2.24) is 0 Å². The number of benzene rings is 2. The number of rotatable bonds is 4. The minimum absolute atomic E-state index is 0.198. The quantitative estimate of drug-likeness (QED) is 0.819. The number of aryl methyl sites for hydroxylation is 1. The Hall–Kier alpha value is -2.03. The highest BCUT2D eigenvalue weighted by Gasteiger charge is 2.06. The van der Waals surface area contributed by atoms with Gasteiger partial charge >= 0.3 is 0 Å². The molecular formula is C16H19FN2. The molecule has 3 heteroatoms. The van der Waals surface area contributed by atoms with Crippen LogP contribution in [0.5, 0.6) is 0 Å². The van der Waals surface area contributed by atoms with Gasteiger partial charge in [-0.2, -0.15) is 0 Å². The van der Waals surface area contributed by atoms with Gasteiger partial charge in [0.1, 0.15) is 5.82 Å². The second kappa shape index (κ2) is 5.74. The van der Waals surface area contributed by atoms with Crippen LogP contribution in [0.1, 0.15) is 18.1 Å². The largest absolute Gasteiger partial charge is 0.399 e. The monoisotopic (exact) mass is 258 g/mol. The third-order valence-electron chi connectivity index (χ3n) is 3.12. The van der Waals surface area contributed by atoms with E-state index in [-0.39, 0.29) is 11.9 Å². The van der Waals surface area contributed by atoms with Crippen LogP contribution in [0.15, 0.2) is 42.5 Å². The summed E-state index contributed by atoms with van der Waals surface area (Å²) in [5.74, 6) is -0.198. The number of nitrogens with two attached hydrogens (primary N) is 1. The Morgan fingerprint density at radius 3 is 2.53 bits per heavy atom. The fraction of sp³-hybridized carbons (Fsp3) is 0.250. The van der Waals surface area contributed by atoms with Gasteiger partial charge in [-0.1, -0.05) is 18.2 Å². The molecule has 0 amide bonds. The van der Waals surface area contributed by atoms with Crippen LogP contribution in [0.25, 0.3) is 0 Å². The molecule has 0 aliphatic carbocycles. The fourth-order valence-electron chi connectivity index (χ4n) is 2.09. The molecule has 2 rings (SSSR count). The van der Waals surface area contributed by atoms with E-state index in [0.29, 0.717) is 0 Å². The van der Waals surface area contributed by atoms with E-state index in [9.17, 15) is 4.39 Å². The van der Waals surface area contributed by atoms with Crippen molar-refractivity contribution in [3.63, 3.8) is 0 Å². The first-order valence-electron chi connectivity index (χ1n) is 6.41. The summed E-state index contributed by atoms with van der Waals surface area (Å²) >= 11 is 0. The molecule has 0 radical (unpaired) electrons. The average molecular weight is 258 g/mol. The third-order valence-corrected chi connectivity index (χ3v) is 3.12. The van der Waals surface area contributed by atoms with E-state index in [1.807, 2.05) is 37.3 Å². The molecular weight excluding hydrogens is 239 g/mol. The van der Waals surface area contributed by atoms with Crippen LogP contribution in [-0.2, 0) is 6.42 Å². The molecule has 19 heavy (non-hydrogen) atoms. The van der Waals surface area contributed by atoms with Gasteiger partial charge in [-0.15, -0.1) is 0 Å². The molecule has 0 bridgehead atoms. The molecule has 2 aromatic carbocycles. The summed E-state index contributed by atoms with van der Waals surface area (Å²) in [6.45, 7) is 4.15. The highest BCUT2D eigenvalue weighted by Crippen LogP contribution is 2.20. The number of nitrogen functional groups attached to an aromatic ring is 1. The maximum Gasteiger partial charge on any atom is 0.123 e. The lowest BCUT2D eigenvalue weighted by molar-refractivity contribution is 0.626. The Labute approximate surface area is 113 Å². The number of hydrogen-bond acceptors (Lipinski definition) is 2. The van der Waals surface area contributed by atoms with Crippen molar-refractivity contribution in [3.05, 3.63) is 59.4 Å². The average Bonchev–Trinajstić information content (AvgIpc) is 2.37. The lowest BCUT2D eigenvalue weighted by Gasteiger charge is -2.17. The number of nitrogens with one attached hydrogen (secondary N) is 1. The van der Waals surface area contributed by atoms with Crippen LogP contribution in [0.4, 0.5) is 15.8 Å². The van der Waals surface area contributed by atoms with E-state index in [2.05, 4.69) is 12.2 Å². The molecule has 1 unspecified atom stereocenters. The first kappa shape index (κ1) is 13.4. The molecule has 0 saturated heterocycles. The molecule has 0 heterocycles. The molecule has 2 nitrogen and oxygen atoms in total. The molecule has 0 aliphatic heterocycles. The molecule has 0 aliphatic rings. The highest BCUT2D eigenvalue weighted by atomic mass is 19.1. The predicted molar refractivity (Wildman–Crippen MR) is 78.8 cm³/mol. The summed E-state index contributed by atoms with van der Waals surface area (Å²) in [4.78, 5) is 0. The van der Waals surface area contributed by atoms with E-state index in [4.69, 9.17) is 5.73 Å². The van der Waals surface area contributed by atoms with E-state index in [1.54, 1.807) is 0 Å². The van der Waals surface area contributed by atoms with Crippen molar-refractivity contribution in [2.75, 3.05) is 11.1 Å². The van der Waals surface area contributed by atoms with Crippen molar-refractivity contribution >= 4 is 11.4 Å². The molecule has 100 valence electrons. The second-order valence-corrected chi connectivity index (χ2v) is 4.95. The molecule has 0 fully saturated rings. The molecule has 1 atom stereocenters. The minimum atomic E-state index is -0.198. The van der Waals surface area contributed by atoms with Crippen molar-refractivity contribution < 1.29 is 4.39 Å². The van der Waals surface area contributed by atoms with Crippen LogP contribution < -0.4 is 11.1 Å². The van der Waals surface area contributed by atoms with Crippen LogP contribution in [-0.4, -0.2) is 6.04 Å². The Kier molecular flexibility index (Phi) is 4.05. The SMILES string of the molecule is Cc1ccc(N)cc1NC(C)Cc1ccc(F)cc1. The first-order chi connectivity index (χ1) is 9.04. The van der Waals surface area contributed by atoms with E-state index < -0.39 is 0 Å². The molecule has 0 aromatic heterocycles. The Bertz CT molecular complexity index is 549. The maximum atomic E-state index is 12.8. The smallest absolute Gasteiger partial charge is 0.123 e. The van der Waals surface area contributed by atoms with E-state index in [0.717, 1.165) is 23.4 Å². The van der Waals surface area contributed by atoms with E-state index >= 15 is 0 Å². The Morgan fingerprint density at radius 1 is 1.16 bits per heavy atom. The van der Waals surface area contributed by atoms with Crippen LogP contribution >= 0.6 is 0 Å². The van der Waals surface area contributed by atoms with Gasteiger partial charge in [0.05, 0.1) is 0 Å². The standard InChI is InChI=1S/C16H19FN2/c1-11-3-8-15(18)10-16(11)19-12(2)9-13-4-6-14(17)7-5-13/h3-8,10,12,19H,9,18H2,1-2H3. The van der Waals surface area contributed by atoms with Gasteiger partial charge in [0.25, 0.3) is 0 Å². The summed E-state index contributed by atoms with van der Waals surface area (Å²) < 4.78 is 12.8. The van der Waals surface area contributed by atoms with Gasteiger partial charge in [0.2, 0.25) is 0 Å². The molecule has 3 N–H and O–H groups in total. The van der Waals surface area contributed by atoms with Gasteiger partial charge in [0, 0.05) is 17.4 Å². The minimum Gasteiger partial charge on any atom is -0.399 e. The first-order valence-corrected chi connectivity index (χ1v) is 6.41. The van der Waals surface area contributed by atoms with Gasteiger partial charge in [-0.3, -0.25) is 0 Å². The van der Waals surface area contributed by atoms with Crippen molar-refractivity contribution in [1.29, 1.82) is 0 Å².